The van der Waals surface area contributed by atoms with Gasteiger partial charge in [-0.15, -0.1) is 0 Å². The maximum absolute atomic E-state index is 11.7. The van der Waals surface area contributed by atoms with E-state index in [4.69, 9.17) is 9.47 Å². The second-order valence-electron chi connectivity index (χ2n) is 7.95. The van der Waals surface area contributed by atoms with E-state index in [-0.39, 0.29) is 28.6 Å². The first-order chi connectivity index (χ1) is 16.6. The van der Waals surface area contributed by atoms with Crippen molar-refractivity contribution in [2.45, 2.75) is 65.2 Å². The van der Waals surface area contributed by atoms with Crippen LogP contribution in [-0.2, 0) is 17.1 Å². The van der Waals surface area contributed by atoms with Crippen LogP contribution >= 0.6 is 0 Å². The molecule has 1 radical (unpaired) electrons. The van der Waals surface area contributed by atoms with Crippen LogP contribution in [0, 0.1) is 0 Å². The van der Waals surface area contributed by atoms with Crippen molar-refractivity contribution < 1.29 is 36.8 Å². The fraction of sp³-hybridized carbons (Fsp3) is 0.500. The van der Waals surface area contributed by atoms with Crippen LogP contribution in [-0.4, -0.2) is 39.7 Å². The average Bonchev–Trinajstić information content (AvgIpc) is 2.85. The Hall–Kier alpha value is -2.50. The molecule has 2 rings (SSSR count). The molecule has 7 heteroatoms. The summed E-state index contributed by atoms with van der Waals surface area (Å²) in [6, 6.07) is 10.5. The first-order valence-corrected chi connectivity index (χ1v) is 12.3. The smallest absolute Gasteiger partial charge is 0.870 e. The summed E-state index contributed by atoms with van der Waals surface area (Å²) >= 11 is 0. The normalized spacial score (nSPS) is 10.6. The van der Waals surface area contributed by atoms with E-state index in [2.05, 4.69) is 23.8 Å². The van der Waals surface area contributed by atoms with Crippen molar-refractivity contribution >= 4 is 12.4 Å². The third-order valence-corrected chi connectivity index (χ3v) is 5.20. The van der Waals surface area contributed by atoms with Crippen molar-refractivity contribution in [3.8, 4) is 23.0 Å². The van der Waals surface area contributed by atoms with Gasteiger partial charge in [-0.3, -0.25) is 9.98 Å². The molecule has 0 aliphatic rings. The van der Waals surface area contributed by atoms with Gasteiger partial charge in [-0.05, 0) is 36.1 Å². The van der Waals surface area contributed by atoms with Crippen LogP contribution in [0.15, 0.2) is 46.4 Å². The van der Waals surface area contributed by atoms with Gasteiger partial charge in [0.1, 0.15) is 11.5 Å². The van der Waals surface area contributed by atoms with Gasteiger partial charge in [0, 0.05) is 25.5 Å². The van der Waals surface area contributed by atoms with E-state index in [9.17, 15) is 10.2 Å². The molecule has 0 aliphatic heterocycles. The fourth-order valence-electron chi connectivity index (χ4n) is 3.18. The van der Waals surface area contributed by atoms with Crippen molar-refractivity contribution in [3.63, 3.8) is 0 Å². The average molecular weight is 532 g/mol. The predicted octanol–water partition coefficient (Wildman–Crippen LogP) is 5.53. The molecule has 0 atom stereocenters. The molecule has 0 amide bonds. The van der Waals surface area contributed by atoms with E-state index < -0.39 is 0 Å². The van der Waals surface area contributed by atoms with Gasteiger partial charge in [-0.1, -0.05) is 88.1 Å². The minimum absolute atomic E-state index is 0. The first-order valence-electron chi connectivity index (χ1n) is 12.3. The standard InChI is InChI=1S/2C14H21NO2.Cu/c2*1-3-4-5-6-10-15-11-12-8-7-9-13(17-2)14(12)16;/h2*7-9,11,16H,3-6,10H2,1-2H3;/q;;+2/p-2. The number of para-hydroxylation sites is 2. The Balaban J connectivity index is 0.000000642. The van der Waals surface area contributed by atoms with Gasteiger partial charge >= 0.3 is 17.1 Å². The SMILES string of the molecule is CCCCCCN=Cc1cccc(OC)c1[O-].CCCCCCN=Cc1cccc(OC)c1[O-].[Cu+2]. The van der Waals surface area contributed by atoms with Gasteiger partial charge in [-0.2, -0.15) is 0 Å². The van der Waals surface area contributed by atoms with E-state index in [1.165, 1.54) is 52.7 Å². The van der Waals surface area contributed by atoms with Crippen molar-refractivity contribution in [1.82, 2.24) is 0 Å². The number of ether oxygens (including phenoxy) is 2. The molecule has 0 aliphatic carbocycles. The van der Waals surface area contributed by atoms with E-state index in [0.717, 1.165) is 25.9 Å². The molecule has 0 heterocycles. The van der Waals surface area contributed by atoms with Crippen molar-refractivity contribution in [1.29, 1.82) is 0 Å². The molecule has 0 unspecified atom stereocenters. The molecule has 0 aromatic heterocycles. The summed E-state index contributed by atoms with van der Waals surface area (Å²) in [5.74, 6) is 0.569. The number of hydrogen-bond acceptors (Lipinski definition) is 6. The van der Waals surface area contributed by atoms with Crippen LogP contribution in [0.3, 0.4) is 0 Å². The molecule has 0 bridgehead atoms. The van der Waals surface area contributed by atoms with Gasteiger partial charge in [0.25, 0.3) is 0 Å². The van der Waals surface area contributed by atoms with Gasteiger partial charge in [0.05, 0.1) is 14.2 Å². The summed E-state index contributed by atoms with van der Waals surface area (Å²) in [4.78, 5) is 8.54. The topological polar surface area (TPSA) is 89.3 Å². The Morgan fingerprint density at radius 1 is 0.657 bits per heavy atom. The Kier molecular flexibility index (Phi) is 19.3. The predicted molar refractivity (Wildman–Crippen MR) is 138 cm³/mol. The molecule has 6 nitrogen and oxygen atoms in total. The molecule has 197 valence electrons. The zero-order valence-corrected chi connectivity index (χ0v) is 22.5. The van der Waals surface area contributed by atoms with Crippen molar-refractivity contribution in [3.05, 3.63) is 47.5 Å². The Morgan fingerprint density at radius 3 is 1.40 bits per heavy atom. The summed E-state index contributed by atoms with van der Waals surface area (Å²) in [6.07, 6.45) is 12.8. The number of rotatable bonds is 14. The number of benzene rings is 2. The minimum atomic E-state index is -0.0905. The molecule has 2 aromatic carbocycles. The molecular formula is C28H40CuN2O4. The Labute approximate surface area is 222 Å². The Bertz CT molecular complexity index is 801. The second-order valence-corrected chi connectivity index (χ2v) is 7.95. The molecule has 0 spiro atoms. The molecular weight excluding hydrogens is 492 g/mol. The summed E-state index contributed by atoms with van der Waals surface area (Å²) < 4.78 is 9.94. The summed E-state index contributed by atoms with van der Waals surface area (Å²) in [7, 11) is 3.00. The number of methoxy groups -OCH3 is 2. The maximum Gasteiger partial charge on any atom is 2.00 e. The summed E-state index contributed by atoms with van der Waals surface area (Å²) in [5.41, 5.74) is 1.19. The molecule has 0 saturated carbocycles. The Morgan fingerprint density at radius 2 is 1.06 bits per heavy atom. The number of nitrogens with zero attached hydrogens (tertiary/aromatic N) is 2. The van der Waals surface area contributed by atoms with Crippen LogP contribution < -0.4 is 19.7 Å². The zero-order chi connectivity index (χ0) is 25.0. The van der Waals surface area contributed by atoms with Gasteiger partial charge in [-0.25, -0.2) is 0 Å². The quantitative estimate of drug-likeness (QED) is 0.182. The number of aliphatic imine (C=N–C) groups is 2. The van der Waals surface area contributed by atoms with Crippen molar-refractivity contribution in [2.24, 2.45) is 9.98 Å². The number of unbranched alkanes of at least 4 members (excludes halogenated alkanes) is 6. The molecule has 0 saturated heterocycles. The molecule has 35 heavy (non-hydrogen) atoms. The monoisotopic (exact) mass is 531 g/mol. The van der Waals surface area contributed by atoms with E-state index in [1.807, 2.05) is 0 Å². The largest absolute Gasteiger partial charge is 2.00 e. The van der Waals surface area contributed by atoms with Crippen LogP contribution in [0.5, 0.6) is 23.0 Å². The second kappa shape index (κ2) is 20.8. The number of hydrogen-bond donors (Lipinski definition) is 0. The third kappa shape index (κ3) is 13.2. The zero-order valence-electron chi connectivity index (χ0n) is 21.5. The summed E-state index contributed by atoms with van der Waals surface area (Å²) in [6.45, 7) is 5.94. The van der Waals surface area contributed by atoms with Crippen molar-refractivity contribution in [2.75, 3.05) is 27.3 Å². The first kappa shape index (κ1) is 32.5. The van der Waals surface area contributed by atoms with Crippen LogP contribution in [0.2, 0.25) is 0 Å². The van der Waals surface area contributed by atoms with E-state index in [0.29, 0.717) is 22.6 Å². The van der Waals surface area contributed by atoms with Gasteiger partial charge in [0.2, 0.25) is 0 Å². The maximum atomic E-state index is 11.7. The minimum Gasteiger partial charge on any atom is -0.870 e. The molecule has 0 fully saturated rings. The van der Waals surface area contributed by atoms with Crippen LogP contribution in [0.25, 0.3) is 0 Å². The third-order valence-electron chi connectivity index (χ3n) is 5.20. The van der Waals surface area contributed by atoms with Crippen LogP contribution in [0.4, 0.5) is 0 Å². The summed E-state index contributed by atoms with van der Waals surface area (Å²) in [5, 5.41) is 23.5. The molecule has 2 aromatic rings. The molecule has 0 N–H and O–H groups in total. The fourth-order valence-corrected chi connectivity index (χ4v) is 3.18. The van der Waals surface area contributed by atoms with Gasteiger partial charge in [0.15, 0.2) is 0 Å². The van der Waals surface area contributed by atoms with Gasteiger partial charge < -0.3 is 19.7 Å². The van der Waals surface area contributed by atoms with Crippen LogP contribution in [0.1, 0.15) is 76.3 Å². The van der Waals surface area contributed by atoms with E-state index >= 15 is 0 Å². The van der Waals surface area contributed by atoms with E-state index in [1.54, 1.807) is 48.8 Å².